The van der Waals surface area contributed by atoms with E-state index >= 15 is 0 Å². The molecule has 2 atom stereocenters. The van der Waals surface area contributed by atoms with Crippen LogP contribution in [0.25, 0.3) is 11.3 Å². The molecule has 2 N–H and O–H groups in total. The Labute approximate surface area is 152 Å². The van der Waals surface area contributed by atoms with Gasteiger partial charge in [-0.05, 0) is 50.5 Å². The number of pyridine rings is 2. The number of rotatable bonds is 4. The van der Waals surface area contributed by atoms with Crippen LogP contribution in [0.3, 0.4) is 0 Å². The topological polar surface area (TPSA) is 93.7 Å². The largest absolute Gasteiger partial charge is 0.328 e. The van der Waals surface area contributed by atoms with Gasteiger partial charge in [-0.3, -0.25) is 9.88 Å². The zero-order valence-electron chi connectivity index (χ0n) is 14.7. The molecular weight excluding hydrogens is 326 g/mol. The van der Waals surface area contributed by atoms with Crippen LogP contribution < -0.4 is 10.6 Å². The second-order valence-corrected chi connectivity index (χ2v) is 6.62. The van der Waals surface area contributed by atoms with Crippen molar-refractivity contribution in [1.82, 2.24) is 25.1 Å². The summed E-state index contributed by atoms with van der Waals surface area (Å²) < 4.78 is 0. The van der Waals surface area contributed by atoms with Gasteiger partial charge < -0.3 is 5.73 Å². The van der Waals surface area contributed by atoms with Gasteiger partial charge in [0.15, 0.2) is 0 Å². The Balaban J connectivity index is 1.68. The Morgan fingerprint density at radius 1 is 1.00 bits per heavy atom. The number of nitrogens with two attached hydrogens (primary N) is 1. The summed E-state index contributed by atoms with van der Waals surface area (Å²) in [7, 11) is 0. The molecule has 1 aliphatic rings. The van der Waals surface area contributed by atoms with Gasteiger partial charge in [0, 0.05) is 30.0 Å². The Morgan fingerprint density at radius 2 is 1.92 bits per heavy atom. The van der Waals surface area contributed by atoms with Gasteiger partial charge in [0.25, 0.3) is 5.95 Å². The molecule has 7 heteroatoms. The number of anilines is 2. The molecule has 3 aromatic rings. The van der Waals surface area contributed by atoms with Crippen molar-refractivity contribution < 1.29 is 0 Å². The lowest BCUT2D eigenvalue weighted by atomic mass is 10.1. The molecular formula is C19H21N7. The van der Waals surface area contributed by atoms with Gasteiger partial charge in [0.2, 0.25) is 0 Å². The molecule has 0 spiro atoms. The van der Waals surface area contributed by atoms with Crippen molar-refractivity contribution in [1.29, 1.82) is 0 Å². The van der Waals surface area contributed by atoms with Gasteiger partial charge in [-0.25, -0.2) is 9.97 Å². The highest BCUT2D eigenvalue weighted by molar-refractivity contribution is 5.62. The van der Waals surface area contributed by atoms with Crippen LogP contribution in [0.5, 0.6) is 0 Å². The van der Waals surface area contributed by atoms with E-state index in [2.05, 4.69) is 30.0 Å². The van der Waals surface area contributed by atoms with Gasteiger partial charge in [0.05, 0.1) is 17.6 Å². The van der Waals surface area contributed by atoms with Crippen LogP contribution in [0.15, 0.2) is 48.9 Å². The molecule has 0 saturated heterocycles. The van der Waals surface area contributed by atoms with Crippen LogP contribution in [0.2, 0.25) is 0 Å². The van der Waals surface area contributed by atoms with E-state index in [9.17, 15) is 0 Å². The maximum Gasteiger partial charge on any atom is 0.251 e. The fourth-order valence-corrected chi connectivity index (χ4v) is 3.33. The Morgan fingerprint density at radius 3 is 2.54 bits per heavy atom. The summed E-state index contributed by atoms with van der Waals surface area (Å²) in [6.07, 6.45) is 8.21. The first-order valence-electron chi connectivity index (χ1n) is 8.79. The number of aryl methyl sites for hydroxylation is 1. The third-order valence-electron chi connectivity index (χ3n) is 4.65. The molecule has 0 amide bonds. The molecule has 1 fully saturated rings. The average Bonchev–Trinajstić information content (AvgIpc) is 3.11. The van der Waals surface area contributed by atoms with Gasteiger partial charge in [-0.2, -0.15) is 5.10 Å². The molecule has 0 unspecified atom stereocenters. The fourth-order valence-electron chi connectivity index (χ4n) is 3.33. The Kier molecular flexibility index (Phi) is 4.53. The maximum atomic E-state index is 6.13. The zero-order chi connectivity index (χ0) is 17.9. The van der Waals surface area contributed by atoms with Crippen LogP contribution >= 0.6 is 0 Å². The van der Waals surface area contributed by atoms with Crippen molar-refractivity contribution in [2.45, 2.75) is 38.3 Å². The first kappa shape index (κ1) is 16.5. The monoisotopic (exact) mass is 347 g/mol. The van der Waals surface area contributed by atoms with E-state index in [-0.39, 0.29) is 12.1 Å². The third kappa shape index (κ3) is 3.39. The maximum absolute atomic E-state index is 6.13. The van der Waals surface area contributed by atoms with Gasteiger partial charge >= 0.3 is 0 Å². The van der Waals surface area contributed by atoms with Crippen LogP contribution in [0.1, 0.15) is 25.0 Å². The standard InChI is InChI=1S/C19H21N7/c1-13-11-23-19(25-24-13)26(16-7-6-15(20)10-16)18-8-5-14(12-22-18)17-4-2-3-9-21-17/h2-5,8-9,11-12,15-16H,6-7,10,20H2,1H3/t15-,16-/m0/s1. The fraction of sp³-hybridized carbons (Fsp3) is 0.316. The number of hydrogen-bond acceptors (Lipinski definition) is 7. The van der Waals surface area contributed by atoms with Gasteiger partial charge in [0.1, 0.15) is 5.82 Å². The summed E-state index contributed by atoms with van der Waals surface area (Å²) in [6.45, 7) is 1.87. The minimum absolute atomic E-state index is 0.202. The molecule has 3 heterocycles. The van der Waals surface area contributed by atoms with Crippen molar-refractivity contribution in [2.75, 3.05) is 4.90 Å². The third-order valence-corrected chi connectivity index (χ3v) is 4.65. The first-order chi connectivity index (χ1) is 12.7. The molecule has 0 radical (unpaired) electrons. The van der Waals surface area contributed by atoms with Crippen molar-refractivity contribution >= 4 is 11.8 Å². The summed E-state index contributed by atoms with van der Waals surface area (Å²) in [5.41, 5.74) is 8.79. The van der Waals surface area contributed by atoms with E-state index < -0.39 is 0 Å². The minimum atomic E-state index is 0.202. The van der Waals surface area contributed by atoms with E-state index in [1.807, 2.05) is 43.5 Å². The summed E-state index contributed by atoms with van der Waals surface area (Å²) in [5.74, 6) is 1.36. The van der Waals surface area contributed by atoms with E-state index in [1.54, 1.807) is 12.4 Å². The molecule has 0 aromatic carbocycles. The zero-order valence-corrected chi connectivity index (χ0v) is 14.7. The van der Waals surface area contributed by atoms with E-state index in [0.29, 0.717) is 5.95 Å². The van der Waals surface area contributed by atoms with Crippen LogP contribution in [0, 0.1) is 6.92 Å². The summed E-state index contributed by atoms with van der Waals surface area (Å²) in [6, 6.07) is 10.3. The lowest BCUT2D eigenvalue weighted by Gasteiger charge is -2.27. The highest BCUT2D eigenvalue weighted by Gasteiger charge is 2.31. The van der Waals surface area contributed by atoms with Gasteiger partial charge in [-0.15, -0.1) is 5.10 Å². The Hall–Kier alpha value is -2.93. The van der Waals surface area contributed by atoms with E-state index in [1.165, 1.54) is 0 Å². The number of hydrogen-bond donors (Lipinski definition) is 1. The normalized spacial score (nSPS) is 19.5. The SMILES string of the molecule is Cc1cnc(N(c2ccc(-c3ccccn3)cn2)[C@H]2CC[C@H](N)C2)nn1. The molecule has 1 aliphatic carbocycles. The van der Waals surface area contributed by atoms with Crippen molar-refractivity contribution in [2.24, 2.45) is 5.73 Å². The smallest absolute Gasteiger partial charge is 0.251 e. The lowest BCUT2D eigenvalue weighted by molar-refractivity contribution is 0.630. The quantitative estimate of drug-likeness (QED) is 0.775. The van der Waals surface area contributed by atoms with Gasteiger partial charge in [-0.1, -0.05) is 6.07 Å². The molecule has 0 aliphatic heterocycles. The van der Waals surface area contributed by atoms with Crippen LogP contribution in [0.4, 0.5) is 11.8 Å². The number of aromatic nitrogens is 5. The Bertz CT molecular complexity index is 849. The summed E-state index contributed by atoms with van der Waals surface area (Å²) in [5, 5.41) is 8.43. The lowest BCUT2D eigenvalue weighted by Crippen LogP contribution is -2.32. The molecule has 132 valence electrons. The highest BCUT2D eigenvalue weighted by Crippen LogP contribution is 2.32. The second-order valence-electron chi connectivity index (χ2n) is 6.62. The van der Waals surface area contributed by atoms with Crippen molar-refractivity contribution in [3.63, 3.8) is 0 Å². The van der Waals surface area contributed by atoms with E-state index in [0.717, 1.165) is 42.0 Å². The summed E-state index contributed by atoms with van der Waals surface area (Å²) in [4.78, 5) is 15.6. The first-order valence-corrected chi connectivity index (χ1v) is 8.79. The predicted octanol–water partition coefficient (Wildman–Crippen LogP) is 2.65. The summed E-state index contributed by atoms with van der Waals surface area (Å²) >= 11 is 0. The van der Waals surface area contributed by atoms with Crippen LogP contribution in [-0.2, 0) is 0 Å². The average molecular weight is 347 g/mol. The molecule has 7 nitrogen and oxygen atoms in total. The van der Waals surface area contributed by atoms with E-state index in [4.69, 9.17) is 5.73 Å². The van der Waals surface area contributed by atoms with Crippen molar-refractivity contribution in [3.8, 4) is 11.3 Å². The predicted molar refractivity (Wildman–Crippen MR) is 99.8 cm³/mol. The highest BCUT2D eigenvalue weighted by atomic mass is 15.4. The minimum Gasteiger partial charge on any atom is -0.328 e. The molecule has 3 aromatic heterocycles. The number of nitrogens with zero attached hydrogens (tertiary/aromatic N) is 6. The molecule has 26 heavy (non-hydrogen) atoms. The molecule has 0 bridgehead atoms. The van der Waals surface area contributed by atoms with Crippen LogP contribution in [-0.4, -0.2) is 37.2 Å². The molecule has 4 rings (SSSR count). The molecule has 1 saturated carbocycles. The second kappa shape index (κ2) is 7.13. The van der Waals surface area contributed by atoms with Crippen molar-refractivity contribution in [3.05, 3.63) is 54.6 Å².